The smallest absolute Gasteiger partial charge is 0.488 e. The fourth-order valence-corrected chi connectivity index (χ4v) is 7.22. The fraction of sp³-hybridized carbons (Fsp3) is 0.472. The second-order valence-corrected chi connectivity index (χ2v) is 14.7. The molecule has 252 valence electrons. The molecule has 2 saturated heterocycles. The van der Waals surface area contributed by atoms with Crippen molar-refractivity contribution in [2.24, 2.45) is 11.8 Å². The number of H-pyrrole nitrogens is 1. The van der Waals surface area contributed by atoms with Crippen LogP contribution in [0.15, 0.2) is 42.5 Å². The third-order valence-corrected chi connectivity index (χ3v) is 10.5. The van der Waals surface area contributed by atoms with Crippen molar-refractivity contribution in [3.05, 3.63) is 53.9 Å². The lowest BCUT2D eigenvalue weighted by atomic mass is 9.77. The number of nitrogens with zero attached hydrogens (tertiary/aromatic N) is 2. The van der Waals surface area contributed by atoms with Crippen molar-refractivity contribution < 1.29 is 33.5 Å². The molecule has 4 heterocycles. The van der Waals surface area contributed by atoms with Crippen molar-refractivity contribution in [2.45, 2.75) is 77.9 Å². The number of benzene rings is 3. The van der Waals surface area contributed by atoms with Gasteiger partial charge in [-0.1, -0.05) is 38.1 Å². The van der Waals surface area contributed by atoms with Crippen LogP contribution in [0.5, 0.6) is 5.75 Å². The highest BCUT2D eigenvalue weighted by molar-refractivity contribution is 6.62. The second-order valence-electron chi connectivity index (χ2n) is 14.7. The summed E-state index contributed by atoms with van der Waals surface area (Å²) in [4.78, 5) is 35.6. The van der Waals surface area contributed by atoms with E-state index in [-0.39, 0.29) is 23.8 Å². The molecule has 3 aromatic carbocycles. The number of fused-ring (bicyclic) bond motifs is 6. The highest BCUT2D eigenvalue weighted by Gasteiger charge is 2.52. The number of nitrogens with one attached hydrogen (secondary N) is 2. The topological polar surface area (TPSA) is 135 Å². The normalized spacial score (nSPS) is 21.8. The van der Waals surface area contributed by atoms with E-state index in [1.165, 1.54) is 0 Å². The summed E-state index contributed by atoms with van der Waals surface area (Å²) in [6, 6.07) is 13.4. The van der Waals surface area contributed by atoms with Crippen LogP contribution in [0.1, 0.15) is 65.4 Å². The Bertz CT molecular complexity index is 1910. The molecule has 0 aliphatic carbocycles. The lowest BCUT2D eigenvalue weighted by Crippen LogP contribution is -2.51. The molecular weight excluding hydrogens is 611 g/mol. The third kappa shape index (κ3) is 5.49. The molecule has 3 aliphatic rings. The van der Waals surface area contributed by atoms with E-state index >= 15 is 0 Å². The van der Waals surface area contributed by atoms with Crippen molar-refractivity contribution in [1.29, 1.82) is 0 Å². The Morgan fingerprint density at radius 1 is 1.10 bits per heavy atom. The first kappa shape index (κ1) is 32.4. The number of hydrogen-bond acceptors (Lipinski definition) is 7. The number of aromatic amines is 1. The van der Waals surface area contributed by atoms with Crippen molar-refractivity contribution in [2.75, 3.05) is 20.3 Å². The molecule has 7 rings (SSSR count). The third-order valence-electron chi connectivity index (χ3n) is 10.5. The van der Waals surface area contributed by atoms with Gasteiger partial charge in [0.1, 0.15) is 24.2 Å². The molecule has 2 amide bonds. The quantitative estimate of drug-likeness (QED) is 0.226. The van der Waals surface area contributed by atoms with Gasteiger partial charge in [-0.25, -0.2) is 9.78 Å². The molecule has 48 heavy (non-hydrogen) atoms. The minimum atomic E-state index is -1.22. The Balaban J connectivity index is 1.22. The number of carbonyl (C=O) groups excluding carboxylic acids is 1. The number of aromatic nitrogens is 2. The summed E-state index contributed by atoms with van der Waals surface area (Å²) in [5.74, 6) is 1.07. The average molecular weight is 655 g/mol. The zero-order valence-electron chi connectivity index (χ0n) is 28.5. The predicted molar refractivity (Wildman–Crippen MR) is 183 cm³/mol. The minimum Gasteiger partial charge on any atom is -0.488 e. The van der Waals surface area contributed by atoms with Gasteiger partial charge in [-0.05, 0) is 80.2 Å². The highest BCUT2D eigenvalue weighted by atomic mass is 16.7. The van der Waals surface area contributed by atoms with Crippen LogP contribution in [-0.2, 0) is 25.4 Å². The lowest BCUT2D eigenvalue weighted by Gasteiger charge is -2.32. The van der Waals surface area contributed by atoms with Crippen LogP contribution in [0, 0.1) is 11.8 Å². The molecule has 0 saturated carbocycles. The van der Waals surface area contributed by atoms with Gasteiger partial charge >= 0.3 is 13.2 Å². The molecule has 12 heteroatoms. The first-order chi connectivity index (χ1) is 22.8. The maximum Gasteiger partial charge on any atom is 0.494 e. The summed E-state index contributed by atoms with van der Waals surface area (Å²) < 4.78 is 24.4. The van der Waals surface area contributed by atoms with E-state index in [9.17, 15) is 14.7 Å². The van der Waals surface area contributed by atoms with Gasteiger partial charge in [0.25, 0.3) is 0 Å². The van der Waals surface area contributed by atoms with Crippen LogP contribution in [-0.4, -0.2) is 76.6 Å². The highest BCUT2D eigenvalue weighted by Crippen LogP contribution is 2.43. The number of hydrogen-bond donors (Lipinski definition) is 3. The molecule has 0 radical (unpaired) electrons. The zero-order chi connectivity index (χ0) is 34.1. The van der Waals surface area contributed by atoms with Crippen LogP contribution < -0.4 is 15.5 Å². The Morgan fingerprint density at radius 3 is 2.54 bits per heavy atom. The SMILES string of the molecule is COCC1CC(c2nc3ccc4cc5c(cc4c3[nH]2)OCc2cc(B3OC(C)(C)C(C)(C)O3)ccc2-5)N(C(=O)C(NC(=O)O)C(C)C)C1. The molecule has 3 unspecified atom stereocenters. The standard InChI is InChI=1S/C36H43BN4O7/c1-19(2)30(40-34(43)44)33(42)41-16-20(17-45-7)12-28(41)32-38-27-11-8-21-14-26-24-10-9-23(37-47-35(3,4)36(5,6)48-37)13-22(24)18-46-29(26)15-25(21)31(27)39-32/h8-11,13-15,19-20,28,30,40H,12,16-18H2,1-7H3,(H,38,39)(H,43,44). The van der Waals surface area contributed by atoms with Gasteiger partial charge in [0.15, 0.2) is 0 Å². The Kier molecular flexibility index (Phi) is 7.96. The van der Waals surface area contributed by atoms with Crippen LogP contribution in [0.3, 0.4) is 0 Å². The van der Waals surface area contributed by atoms with Crippen LogP contribution >= 0.6 is 0 Å². The van der Waals surface area contributed by atoms with Crippen molar-refractivity contribution >= 4 is 46.4 Å². The molecular formula is C36H43BN4O7. The molecule has 4 aromatic rings. The van der Waals surface area contributed by atoms with E-state index in [4.69, 9.17) is 23.8 Å². The Hall–Kier alpha value is -4.13. The van der Waals surface area contributed by atoms with E-state index in [1.54, 1.807) is 12.0 Å². The molecule has 0 bridgehead atoms. The Labute approximate surface area is 280 Å². The number of methoxy groups -OCH3 is 1. The molecule has 0 spiro atoms. The van der Waals surface area contributed by atoms with E-state index in [1.807, 2.05) is 19.9 Å². The van der Waals surface area contributed by atoms with Crippen molar-refractivity contribution in [3.63, 3.8) is 0 Å². The first-order valence-electron chi connectivity index (χ1n) is 16.6. The Morgan fingerprint density at radius 2 is 1.85 bits per heavy atom. The number of rotatable bonds is 7. The number of likely N-dealkylation sites (tertiary alicyclic amines) is 1. The number of ether oxygens (including phenoxy) is 2. The summed E-state index contributed by atoms with van der Waals surface area (Å²) >= 11 is 0. The predicted octanol–water partition coefficient (Wildman–Crippen LogP) is 5.40. The molecule has 3 N–H and O–H groups in total. The van der Waals surface area contributed by atoms with E-state index in [2.05, 4.69) is 74.4 Å². The number of carboxylic acid groups (broad SMARTS) is 1. The van der Waals surface area contributed by atoms with Crippen LogP contribution in [0.25, 0.3) is 32.9 Å². The van der Waals surface area contributed by atoms with Gasteiger partial charge in [0, 0.05) is 30.5 Å². The number of imidazole rings is 1. The molecule has 2 fully saturated rings. The van der Waals surface area contributed by atoms with Crippen LogP contribution in [0.2, 0.25) is 0 Å². The van der Waals surface area contributed by atoms with E-state index in [0.29, 0.717) is 32.0 Å². The summed E-state index contributed by atoms with van der Waals surface area (Å²) in [5.41, 5.74) is 4.99. The molecule has 3 aliphatic heterocycles. The average Bonchev–Trinajstić information content (AvgIpc) is 3.71. The summed E-state index contributed by atoms with van der Waals surface area (Å²) in [6.07, 6.45) is -0.571. The van der Waals surface area contributed by atoms with Crippen LogP contribution in [0.4, 0.5) is 4.79 Å². The van der Waals surface area contributed by atoms with Gasteiger partial charge in [-0.3, -0.25) is 4.79 Å². The number of carbonyl (C=O) groups is 2. The lowest BCUT2D eigenvalue weighted by molar-refractivity contribution is -0.135. The maximum absolute atomic E-state index is 13.8. The molecule has 3 atom stereocenters. The van der Waals surface area contributed by atoms with Gasteiger partial charge in [0.2, 0.25) is 5.91 Å². The van der Waals surface area contributed by atoms with Gasteiger partial charge < -0.3 is 39.1 Å². The zero-order valence-corrected chi connectivity index (χ0v) is 28.5. The van der Waals surface area contributed by atoms with Gasteiger partial charge in [0.05, 0.1) is 34.9 Å². The van der Waals surface area contributed by atoms with Crippen molar-refractivity contribution in [1.82, 2.24) is 20.2 Å². The van der Waals surface area contributed by atoms with Gasteiger partial charge in [-0.15, -0.1) is 0 Å². The fourth-order valence-electron chi connectivity index (χ4n) is 7.22. The number of amides is 2. The summed E-state index contributed by atoms with van der Waals surface area (Å²) in [6.45, 7) is 13.3. The summed E-state index contributed by atoms with van der Waals surface area (Å²) in [7, 11) is 1.21. The maximum atomic E-state index is 13.8. The van der Waals surface area contributed by atoms with E-state index < -0.39 is 30.5 Å². The van der Waals surface area contributed by atoms with Gasteiger partial charge in [-0.2, -0.15) is 0 Å². The van der Waals surface area contributed by atoms with Crippen molar-refractivity contribution in [3.8, 4) is 16.9 Å². The molecule has 11 nitrogen and oxygen atoms in total. The second kappa shape index (κ2) is 11.8. The van der Waals surface area contributed by atoms with E-state index in [0.717, 1.165) is 49.7 Å². The largest absolute Gasteiger partial charge is 0.494 e. The first-order valence-corrected chi connectivity index (χ1v) is 16.6. The molecule has 1 aromatic heterocycles. The monoisotopic (exact) mass is 654 g/mol. The summed E-state index contributed by atoms with van der Waals surface area (Å²) in [5, 5.41) is 13.9. The minimum absolute atomic E-state index is 0.0947.